The van der Waals surface area contributed by atoms with Crippen LogP contribution in [0.25, 0.3) is 0 Å². The van der Waals surface area contributed by atoms with E-state index in [4.69, 9.17) is 0 Å². The summed E-state index contributed by atoms with van der Waals surface area (Å²) in [5.74, 6) is 0.742. The molecule has 2 heterocycles. The molecule has 20 heavy (non-hydrogen) atoms. The van der Waals surface area contributed by atoms with Crippen LogP contribution in [0.4, 0.5) is 0 Å². The van der Waals surface area contributed by atoms with E-state index in [9.17, 15) is 4.79 Å². The molecule has 2 fully saturated rings. The fraction of sp³-hybridized carbons (Fsp3) is 0.588. The summed E-state index contributed by atoms with van der Waals surface area (Å²) in [7, 11) is 0. The summed E-state index contributed by atoms with van der Waals surface area (Å²) in [5, 5.41) is 4.68. The standard InChI is InChI=1S/C17H23N2O/c20-17(19-11-5-2-6-12-19)13-16-15(9-10-18-16)14-7-3-1-4-8-14/h1,3-4,7-8,15-16H,2,5-6,9-13H2/t15-,16?/m1/s1. The molecule has 0 aromatic heterocycles. The monoisotopic (exact) mass is 271 g/mol. The van der Waals surface area contributed by atoms with Crippen LogP contribution in [-0.4, -0.2) is 36.5 Å². The lowest BCUT2D eigenvalue weighted by Gasteiger charge is -2.28. The molecule has 0 saturated carbocycles. The third-order valence-corrected chi connectivity index (χ3v) is 4.59. The zero-order chi connectivity index (χ0) is 13.8. The van der Waals surface area contributed by atoms with E-state index in [0.717, 1.165) is 38.9 Å². The number of rotatable bonds is 3. The molecule has 1 amide bonds. The first-order chi connectivity index (χ1) is 9.84. The minimum atomic E-state index is 0.187. The van der Waals surface area contributed by atoms with Crippen LogP contribution < -0.4 is 5.32 Å². The summed E-state index contributed by atoms with van der Waals surface area (Å²) in [5.41, 5.74) is 1.34. The van der Waals surface area contributed by atoms with E-state index < -0.39 is 0 Å². The van der Waals surface area contributed by atoms with Crippen molar-refractivity contribution < 1.29 is 4.79 Å². The molecule has 2 atom stereocenters. The van der Waals surface area contributed by atoms with Crippen molar-refractivity contribution in [3.8, 4) is 0 Å². The number of amides is 1. The van der Waals surface area contributed by atoms with Gasteiger partial charge in [0.2, 0.25) is 5.91 Å². The van der Waals surface area contributed by atoms with Crippen molar-refractivity contribution in [3.05, 3.63) is 35.9 Å². The molecule has 107 valence electrons. The van der Waals surface area contributed by atoms with Gasteiger partial charge < -0.3 is 4.90 Å². The molecule has 3 heteroatoms. The van der Waals surface area contributed by atoms with Gasteiger partial charge in [0.25, 0.3) is 0 Å². The number of piperidine rings is 1. The minimum absolute atomic E-state index is 0.187. The Balaban J connectivity index is 1.62. The lowest BCUT2D eigenvalue weighted by molar-refractivity contribution is -0.132. The predicted molar refractivity (Wildman–Crippen MR) is 79.6 cm³/mol. The fourth-order valence-electron chi connectivity index (χ4n) is 3.45. The maximum absolute atomic E-state index is 12.4. The van der Waals surface area contributed by atoms with Crippen molar-refractivity contribution in [2.75, 3.05) is 19.6 Å². The van der Waals surface area contributed by atoms with Crippen LogP contribution in [0.15, 0.2) is 30.3 Å². The molecular formula is C17H23N2O. The number of benzene rings is 1. The van der Waals surface area contributed by atoms with Crippen LogP contribution in [0.1, 0.15) is 43.6 Å². The molecule has 0 spiro atoms. The largest absolute Gasteiger partial charge is 0.343 e. The minimum Gasteiger partial charge on any atom is -0.343 e. The maximum atomic E-state index is 12.4. The molecule has 0 aliphatic carbocycles. The van der Waals surface area contributed by atoms with Crippen molar-refractivity contribution in [1.29, 1.82) is 0 Å². The second-order valence-electron chi connectivity index (χ2n) is 5.92. The Morgan fingerprint density at radius 3 is 2.65 bits per heavy atom. The molecule has 1 unspecified atom stereocenters. The number of hydrogen-bond donors (Lipinski definition) is 0. The van der Waals surface area contributed by atoms with Gasteiger partial charge in [0.15, 0.2) is 0 Å². The van der Waals surface area contributed by atoms with E-state index in [1.807, 2.05) is 11.0 Å². The van der Waals surface area contributed by atoms with Gasteiger partial charge in [-0.1, -0.05) is 30.3 Å². The van der Waals surface area contributed by atoms with Gasteiger partial charge in [0.1, 0.15) is 0 Å². The Morgan fingerprint density at radius 1 is 1.15 bits per heavy atom. The smallest absolute Gasteiger partial charge is 0.224 e. The van der Waals surface area contributed by atoms with Crippen LogP contribution in [0, 0.1) is 0 Å². The normalized spacial score (nSPS) is 26.7. The Kier molecular flexibility index (Phi) is 4.36. The average Bonchev–Trinajstić information content (AvgIpc) is 2.97. The quantitative estimate of drug-likeness (QED) is 0.832. The van der Waals surface area contributed by atoms with Gasteiger partial charge in [-0.05, 0) is 31.2 Å². The number of carbonyl (C=O) groups is 1. The molecule has 1 aromatic rings. The van der Waals surface area contributed by atoms with Crippen molar-refractivity contribution in [2.45, 2.75) is 44.1 Å². The summed E-state index contributed by atoms with van der Waals surface area (Å²) in [6.07, 6.45) is 5.27. The zero-order valence-corrected chi connectivity index (χ0v) is 12.0. The first-order valence-corrected chi connectivity index (χ1v) is 7.84. The Morgan fingerprint density at radius 2 is 1.90 bits per heavy atom. The van der Waals surface area contributed by atoms with Crippen LogP contribution in [-0.2, 0) is 4.79 Å². The van der Waals surface area contributed by atoms with Gasteiger partial charge in [-0.25, -0.2) is 5.32 Å². The molecule has 2 aliphatic rings. The molecule has 3 nitrogen and oxygen atoms in total. The highest BCUT2D eigenvalue weighted by atomic mass is 16.2. The average molecular weight is 271 g/mol. The third-order valence-electron chi connectivity index (χ3n) is 4.59. The van der Waals surface area contributed by atoms with Crippen LogP contribution in [0.2, 0.25) is 0 Å². The van der Waals surface area contributed by atoms with E-state index in [1.165, 1.54) is 12.0 Å². The number of hydrogen-bond acceptors (Lipinski definition) is 1. The zero-order valence-electron chi connectivity index (χ0n) is 12.0. The number of carbonyl (C=O) groups excluding carboxylic acids is 1. The topological polar surface area (TPSA) is 34.4 Å². The molecule has 0 N–H and O–H groups in total. The Hall–Kier alpha value is -1.35. The molecular weight excluding hydrogens is 248 g/mol. The fourth-order valence-corrected chi connectivity index (χ4v) is 3.45. The van der Waals surface area contributed by atoms with Crippen LogP contribution in [0.3, 0.4) is 0 Å². The van der Waals surface area contributed by atoms with E-state index in [0.29, 0.717) is 18.2 Å². The first kappa shape index (κ1) is 13.6. The number of nitrogens with zero attached hydrogens (tertiary/aromatic N) is 2. The molecule has 2 saturated heterocycles. The Labute approximate surface area is 121 Å². The second-order valence-corrected chi connectivity index (χ2v) is 5.92. The predicted octanol–water partition coefficient (Wildman–Crippen LogP) is 2.55. The highest BCUT2D eigenvalue weighted by Gasteiger charge is 2.32. The summed E-state index contributed by atoms with van der Waals surface area (Å²) >= 11 is 0. The van der Waals surface area contributed by atoms with Gasteiger partial charge in [0.05, 0.1) is 0 Å². The second kappa shape index (κ2) is 6.40. The van der Waals surface area contributed by atoms with Crippen molar-refractivity contribution in [2.24, 2.45) is 0 Å². The lowest BCUT2D eigenvalue weighted by Crippen LogP contribution is -2.39. The molecule has 1 aromatic carbocycles. The van der Waals surface area contributed by atoms with Gasteiger partial charge >= 0.3 is 0 Å². The van der Waals surface area contributed by atoms with Crippen LogP contribution >= 0.6 is 0 Å². The van der Waals surface area contributed by atoms with Gasteiger partial charge in [-0.15, -0.1) is 0 Å². The first-order valence-electron chi connectivity index (χ1n) is 7.84. The highest BCUT2D eigenvalue weighted by Crippen LogP contribution is 2.30. The van der Waals surface area contributed by atoms with E-state index in [-0.39, 0.29) is 6.04 Å². The highest BCUT2D eigenvalue weighted by molar-refractivity contribution is 5.77. The third kappa shape index (κ3) is 3.04. The Bertz CT molecular complexity index is 440. The van der Waals surface area contributed by atoms with Crippen LogP contribution in [0.5, 0.6) is 0 Å². The van der Waals surface area contributed by atoms with E-state index >= 15 is 0 Å². The van der Waals surface area contributed by atoms with E-state index in [1.54, 1.807) is 0 Å². The lowest BCUT2D eigenvalue weighted by atomic mass is 9.90. The summed E-state index contributed by atoms with van der Waals surface area (Å²) in [6.45, 7) is 2.79. The van der Waals surface area contributed by atoms with Gasteiger partial charge in [-0.3, -0.25) is 4.79 Å². The summed E-state index contributed by atoms with van der Waals surface area (Å²) in [6, 6.07) is 10.7. The molecule has 0 bridgehead atoms. The summed E-state index contributed by atoms with van der Waals surface area (Å²) < 4.78 is 0. The molecule has 2 aliphatic heterocycles. The maximum Gasteiger partial charge on any atom is 0.224 e. The van der Waals surface area contributed by atoms with E-state index in [2.05, 4.69) is 29.6 Å². The van der Waals surface area contributed by atoms with Crippen molar-refractivity contribution in [3.63, 3.8) is 0 Å². The molecule has 3 rings (SSSR count). The van der Waals surface area contributed by atoms with Crippen molar-refractivity contribution >= 4 is 5.91 Å². The molecule has 1 radical (unpaired) electrons. The van der Waals surface area contributed by atoms with Gasteiger partial charge in [-0.2, -0.15) is 0 Å². The van der Waals surface area contributed by atoms with Gasteiger partial charge in [0, 0.05) is 38.0 Å². The summed E-state index contributed by atoms with van der Waals surface area (Å²) in [4.78, 5) is 14.4. The SMILES string of the molecule is O=C(CC1[N]CC[C@@H]1c1ccccc1)N1CCCCC1. The van der Waals surface area contributed by atoms with Crippen molar-refractivity contribution in [1.82, 2.24) is 10.2 Å². The number of likely N-dealkylation sites (tertiary alicyclic amines) is 1.